The molecule has 13 heteroatoms. The normalized spacial score (nSPS) is 15.2. The molecule has 208 valence electrons. The number of rotatable bonds is 7. The first kappa shape index (κ1) is 27.7. The number of hydrogen-bond acceptors (Lipinski definition) is 8. The Labute approximate surface area is 221 Å². The number of hydrogen-bond donors (Lipinski definition) is 1. The average Bonchev–Trinajstić information content (AvgIpc) is 3.45. The summed E-state index contributed by atoms with van der Waals surface area (Å²) in [5, 5.41) is 13.7. The summed E-state index contributed by atoms with van der Waals surface area (Å²) in [6.07, 6.45) is -5.38. The van der Waals surface area contributed by atoms with Gasteiger partial charge in [0.2, 0.25) is 5.82 Å². The van der Waals surface area contributed by atoms with Crippen molar-refractivity contribution >= 4 is 17.7 Å². The fourth-order valence-corrected chi connectivity index (χ4v) is 4.30. The van der Waals surface area contributed by atoms with Crippen LogP contribution in [0.4, 0.5) is 23.7 Å². The Balaban J connectivity index is 1.55. The van der Waals surface area contributed by atoms with Gasteiger partial charge in [-0.2, -0.15) is 4.98 Å². The van der Waals surface area contributed by atoms with Gasteiger partial charge in [-0.1, -0.05) is 5.16 Å². The third-order valence-electron chi connectivity index (χ3n) is 5.79. The predicted molar refractivity (Wildman–Crippen MR) is 131 cm³/mol. The zero-order valence-electron chi connectivity index (χ0n) is 21.5. The number of carbonyl (C=O) groups excluding carboxylic acids is 1. The lowest BCUT2D eigenvalue weighted by molar-refractivity contribution is -0.275. The quantitative estimate of drug-likeness (QED) is 0.362. The zero-order chi connectivity index (χ0) is 28.5. The van der Waals surface area contributed by atoms with Crippen LogP contribution in [0.3, 0.4) is 0 Å². The van der Waals surface area contributed by atoms with Gasteiger partial charge in [-0.05, 0) is 75.6 Å². The van der Waals surface area contributed by atoms with Crippen LogP contribution in [0.25, 0.3) is 22.8 Å². The molecule has 1 aliphatic rings. The van der Waals surface area contributed by atoms with Crippen LogP contribution in [0.5, 0.6) is 11.5 Å². The van der Waals surface area contributed by atoms with Crippen LogP contribution in [0, 0.1) is 0 Å². The Morgan fingerprint density at radius 2 is 1.82 bits per heavy atom. The van der Waals surface area contributed by atoms with Crippen LogP contribution in [-0.2, 0) is 16.0 Å². The number of alkyl halides is 3. The molecular weight excluding hydrogens is 523 g/mol. The topological polar surface area (TPSA) is 124 Å². The first-order chi connectivity index (χ1) is 18.2. The second-order valence-electron chi connectivity index (χ2n) is 9.82. The summed E-state index contributed by atoms with van der Waals surface area (Å²) in [5.41, 5.74) is 1.24. The molecule has 2 aromatic carbocycles. The molecule has 0 fully saturated rings. The summed E-state index contributed by atoms with van der Waals surface area (Å²) < 4.78 is 57.9. The third-order valence-corrected chi connectivity index (χ3v) is 5.79. The van der Waals surface area contributed by atoms with Crippen molar-refractivity contribution in [1.82, 2.24) is 10.1 Å². The fourth-order valence-electron chi connectivity index (χ4n) is 4.30. The number of methoxy groups -OCH3 is 1. The van der Waals surface area contributed by atoms with E-state index in [0.717, 1.165) is 6.07 Å². The van der Waals surface area contributed by atoms with Gasteiger partial charge in [0.1, 0.15) is 5.60 Å². The molecule has 1 atom stereocenters. The van der Waals surface area contributed by atoms with E-state index in [4.69, 9.17) is 14.0 Å². The van der Waals surface area contributed by atoms with Gasteiger partial charge in [-0.15, -0.1) is 13.2 Å². The Bertz CT molecular complexity index is 1380. The van der Waals surface area contributed by atoms with E-state index >= 15 is 0 Å². The van der Waals surface area contributed by atoms with E-state index in [1.807, 2.05) is 0 Å². The van der Waals surface area contributed by atoms with Gasteiger partial charge < -0.3 is 23.8 Å². The second kappa shape index (κ2) is 10.5. The van der Waals surface area contributed by atoms with Crippen LogP contribution in [-0.4, -0.2) is 52.4 Å². The van der Waals surface area contributed by atoms with Crippen molar-refractivity contribution in [2.45, 2.75) is 58.0 Å². The van der Waals surface area contributed by atoms with Crippen molar-refractivity contribution in [2.24, 2.45) is 0 Å². The number of nitrogens with zero attached hydrogens (tertiary/aromatic N) is 3. The molecule has 2 heterocycles. The van der Waals surface area contributed by atoms with E-state index < -0.39 is 35.8 Å². The van der Waals surface area contributed by atoms with Crippen molar-refractivity contribution in [3.63, 3.8) is 0 Å². The summed E-state index contributed by atoms with van der Waals surface area (Å²) in [7, 11) is 1.21. The monoisotopic (exact) mass is 549 g/mol. The van der Waals surface area contributed by atoms with Crippen LogP contribution >= 0.6 is 0 Å². The number of anilines is 1. The highest BCUT2D eigenvalue weighted by molar-refractivity contribution is 5.90. The molecule has 1 N–H and O–H groups in total. The molecule has 0 radical (unpaired) electrons. The lowest BCUT2D eigenvalue weighted by Crippen LogP contribution is -2.37. The van der Waals surface area contributed by atoms with Crippen molar-refractivity contribution < 1.29 is 46.6 Å². The van der Waals surface area contributed by atoms with Crippen LogP contribution in [0.15, 0.2) is 40.9 Å². The van der Waals surface area contributed by atoms with Crippen LogP contribution < -0.4 is 14.4 Å². The molecule has 10 nitrogen and oxygen atoms in total. The summed E-state index contributed by atoms with van der Waals surface area (Å²) in [4.78, 5) is 29.7. The number of fused-ring (bicyclic) bond motifs is 1. The molecule has 0 aliphatic carbocycles. The fraction of sp³-hybridized carbons (Fsp3) is 0.385. The van der Waals surface area contributed by atoms with Gasteiger partial charge in [-0.25, -0.2) is 4.79 Å². The number of carbonyl (C=O) groups is 2. The summed E-state index contributed by atoms with van der Waals surface area (Å²) >= 11 is 0. The van der Waals surface area contributed by atoms with E-state index in [1.165, 1.54) is 24.1 Å². The first-order valence-corrected chi connectivity index (χ1v) is 11.9. The van der Waals surface area contributed by atoms with Gasteiger partial charge in [-0.3, -0.25) is 9.69 Å². The smallest absolute Gasteiger partial charge is 0.493 e. The molecule has 39 heavy (non-hydrogen) atoms. The molecule has 0 bridgehead atoms. The van der Waals surface area contributed by atoms with Crippen LogP contribution in [0.1, 0.15) is 39.2 Å². The highest BCUT2D eigenvalue weighted by Gasteiger charge is 2.35. The van der Waals surface area contributed by atoms with E-state index in [0.29, 0.717) is 23.2 Å². The number of aromatic nitrogens is 2. The van der Waals surface area contributed by atoms with Gasteiger partial charge in [0.05, 0.1) is 12.8 Å². The molecule has 1 unspecified atom stereocenters. The molecule has 1 aliphatic heterocycles. The van der Waals surface area contributed by atoms with E-state index in [1.54, 1.807) is 39.0 Å². The summed E-state index contributed by atoms with van der Waals surface area (Å²) in [5.74, 6) is -1.00. The average molecular weight is 550 g/mol. The SMILES string of the molecule is COc1ccc(-c2nc(-c3ccc4c(c3)CC(CCC(=O)OC(C)(C)C)N4C(=O)O)no2)cc1OC(F)(F)F. The Kier molecular flexibility index (Phi) is 7.44. The molecular formula is C26H26F3N3O7. The molecule has 0 saturated heterocycles. The molecule has 0 spiro atoms. The Morgan fingerprint density at radius 3 is 2.46 bits per heavy atom. The molecule has 1 aromatic heterocycles. The van der Waals surface area contributed by atoms with Gasteiger partial charge >= 0.3 is 18.4 Å². The third kappa shape index (κ3) is 6.59. The van der Waals surface area contributed by atoms with E-state index in [9.17, 15) is 27.9 Å². The molecule has 3 aromatic rings. The lowest BCUT2D eigenvalue weighted by Gasteiger charge is -2.23. The van der Waals surface area contributed by atoms with Crippen molar-refractivity contribution in [3.05, 3.63) is 42.0 Å². The Morgan fingerprint density at radius 1 is 1.10 bits per heavy atom. The second-order valence-corrected chi connectivity index (χ2v) is 9.82. The number of carboxylic acid groups (broad SMARTS) is 1. The zero-order valence-corrected chi connectivity index (χ0v) is 21.5. The minimum atomic E-state index is -4.93. The minimum Gasteiger partial charge on any atom is -0.493 e. The lowest BCUT2D eigenvalue weighted by atomic mass is 10.0. The number of benzene rings is 2. The van der Waals surface area contributed by atoms with E-state index in [-0.39, 0.29) is 35.9 Å². The summed E-state index contributed by atoms with van der Waals surface area (Å²) in [6.45, 7) is 5.28. The number of halogens is 3. The van der Waals surface area contributed by atoms with Gasteiger partial charge in [0.15, 0.2) is 11.5 Å². The largest absolute Gasteiger partial charge is 0.573 e. The number of amides is 1. The highest BCUT2D eigenvalue weighted by atomic mass is 19.4. The summed E-state index contributed by atoms with van der Waals surface area (Å²) in [6, 6.07) is 8.30. The molecule has 0 saturated carbocycles. The van der Waals surface area contributed by atoms with E-state index in [2.05, 4.69) is 14.9 Å². The van der Waals surface area contributed by atoms with Crippen molar-refractivity contribution in [3.8, 4) is 34.3 Å². The Hall–Kier alpha value is -4.29. The molecule has 1 amide bonds. The number of esters is 1. The van der Waals surface area contributed by atoms with Crippen molar-refractivity contribution in [1.29, 1.82) is 0 Å². The van der Waals surface area contributed by atoms with Gasteiger partial charge in [0, 0.05) is 23.6 Å². The standard InChI is InChI=1S/C26H26F3N3O7/c1-25(2,3)38-21(33)10-7-17-12-16-11-14(5-8-18(16)32(17)24(34)35)22-30-23(39-31-22)15-6-9-19(36-4)20(13-15)37-26(27,28)29/h5-6,8-9,11,13,17H,7,10,12H2,1-4H3,(H,34,35). The highest BCUT2D eigenvalue weighted by Crippen LogP contribution is 2.38. The predicted octanol–water partition coefficient (Wildman–Crippen LogP) is 5.84. The minimum absolute atomic E-state index is 0.0532. The maximum atomic E-state index is 12.8. The maximum absolute atomic E-state index is 12.8. The van der Waals surface area contributed by atoms with Gasteiger partial charge in [0.25, 0.3) is 5.89 Å². The maximum Gasteiger partial charge on any atom is 0.573 e. The number of ether oxygens (including phenoxy) is 3. The molecule has 4 rings (SSSR count). The van der Waals surface area contributed by atoms with Crippen LogP contribution in [0.2, 0.25) is 0 Å². The first-order valence-electron chi connectivity index (χ1n) is 11.9. The van der Waals surface area contributed by atoms with Crippen molar-refractivity contribution in [2.75, 3.05) is 12.0 Å².